The van der Waals surface area contributed by atoms with Gasteiger partial charge in [-0.05, 0) is 18.9 Å². The van der Waals surface area contributed by atoms with Crippen molar-refractivity contribution in [2.24, 2.45) is 0 Å². The van der Waals surface area contributed by atoms with Crippen molar-refractivity contribution in [3.8, 4) is 0 Å². The van der Waals surface area contributed by atoms with Crippen LogP contribution in [0.1, 0.15) is 22.3 Å². The molecule has 1 saturated heterocycles. The van der Waals surface area contributed by atoms with E-state index >= 15 is 0 Å². The van der Waals surface area contributed by atoms with Crippen LogP contribution in [0.3, 0.4) is 0 Å². The molecule has 1 fully saturated rings. The second-order valence-corrected chi connectivity index (χ2v) is 4.23. The Labute approximate surface area is 95.8 Å². The quantitative estimate of drug-likeness (QED) is 0.784. The standard InChI is InChI=1S/C13H17NO2/c1-9-5-3-4-6-11(9)13(15)12-7-10(16-2)8-14-12/h3-6,10,12,14H,7-8H2,1-2H3. The Kier molecular flexibility index (Phi) is 3.36. The van der Waals surface area contributed by atoms with E-state index in [1.807, 2.05) is 31.2 Å². The molecule has 1 aliphatic rings. The highest BCUT2D eigenvalue weighted by Crippen LogP contribution is 2.16. The molecule has 0 saturated carbocycles. The van der Waals surface area contributed by atoms with Crippen LogP contribution in [0.25, 0.3) is 0 Å². The first-order valence-electron chi connectivity index (χ1n) is 5.58. The van der Waals surface area contributed by atoms with E-state index < -0.39 is 0 Å². The third-order valence-electron chi connectivity index (χ3n) is 3.15. The molecule has 0 bridgehead atoms. The summed E-state index contributed by atoms with van der Waals surface area (Å²) in [7, 11) is 1.69. The van der Waals surface area contributed by atoms with Gasteiger partial charge in [-0.1, -0.05) is 24.3 Å². The fraction of sp³-hybridized carbons (Fsp3) is 0.462. The normalized spacial score (nSPS) is 24.6. The largest absolute Gasteiger partial charge is 0.380 e. The van der Waals surface area contributed by atoms with Crippen molar-refractivity contribution in [3.63, 3.8) is 0 Å². The Bertz CT molecular complexity index is 389. The lowest BCUT2D eigenvalue weighted by molar-refractivity contribution is 0.0918. The number of hydrogen-bond acceptors (Lipinski definition) is 3. The maximum absolute atomic E-state index is 12.2. The zero-order chi connectivity index (χ0) is 11.5. The van der Waals surface area contributed by atoms with E-state index in [2.05, 4.69) is 5.32 Å². The fourth-order valence-corrected chi connectivity index (χ4v) is 2.12. The van der Waals surface area contributed by atoms with E-state index in [1.165, 1.54) is 0 Å². The summed E-state index contributed by atoms with van der Waals surface area (Å²) in [6.45, 7) is 2.73. The van der Waals surface area contributed by atoms with Gasteiger partial charge >= 0.3 is 0 Å². The van der Waals surface area contributed by atoms with Crippen molar-refractivity contribution in [1.29, 1.82) is 0 Å². The fourth-order valence-electron chi connectivity index (χ4n) is 2.12. The Morgan fingerprint density at radius 1 is 1.44 bits per heavy atom. The number of nitrogens with one attached hydrogen (secondary N) is 1. The van der Waals surface area contributed by atoms with Crippen molar-refractivity contribution in [3.05, 3.63) is 35.4 Å². The number of ketones is 1. The average molecular weight is 219 g/mol. The lowest BCUT2D eigenvalue weighted by atomic mass is 9.98. The molecule has 1 aliphatic heterocycles. The second kappa shape index (κ2) is 4.76. The molecule has 0 radical (unpaired) electrons. The van der Waals surface area contributed by atoms with Gasteiger partial charge in [-0.2, -0.15) is 0 Å². The number of aryl methyl sites for hydroxylation is 1. The van der Waals surface area contributed by atoms with Gasteiger partial charge in [-0.3, -0.25) is 4.79 Å². The minimum Gasteiger partial charge on any atom is -0.380 e. The average Bonchev–Trinajstić information content (AvgIpc) is 2.77. The molecule has 3 nitrogen and oxygen atoms in total. The first-order chi connectivity index (χ1) is 7.72. The van der Waals surface area contributed by atoms with Gasteiger partial charge in [-0.15, -0.1) is 0 Å². The van der Waals surface area contributed by atoms with E-state index in [9.17, 15) is 4.79 Å². The molecule has 16 heavy (non-hydrogen) atoms. The van der Waals surface area contributed by atoms with Crippen LogP contribution in [-0.2, 0) is 4.74 Å². The van der Waals surface area contributed by atoms with Gasteiger partial charge in [0.05, 0.1) is 12.1 Å². The highest BCUT2D eigenvalue weighted by Gasteiger charge is 2.30. The minimum absolute atomic E-state index is 0.0916. The van der Waals surface area contributed by atoms with E-state index in [-0.39, 0.29) is 17.9 Å². The van der Waals surface area contributed by atoms with E-state index in [4.69, 9.17) is 4.74 Å². The summed E-state index contributed by atoms with van der Waals surface area (Å²) in [5.41, 5.74) is 1.85. The maximum atomic E-state index is 12.2. The molecule has 3 heteroatoms. The van der Waals surface area contributed by atoms with Crippen LogP contribution in [0, 0.1) is 6.92 Å². The van der Waals surface area contributed by atoms with Crippen LogP contribution in [0.5, 0.6) is 0 Å². The van der Waals surface area contributed by atoms with Crippen molar-refractivity contribution < 1.29 is 9.53 Å². The van der Waals surface area contributed by atoms with Crippen LogP contribution >= 0.6 is 0 Å². The van der Waals surface area contributed by atoms with Crippen LogP contribution in [0.4, 0.5) is 0 Å². The lowest BCUT2D eigenvalue weighted by Crippen LogP contribution is -2.31. The van der Waals surface area contributed by atoms with Gasteiger partial charge in [0.25, 0.3) is 0 Å². The van der Waals surface area contributed by atoms with Gasteiger partial charge in [0.15, 0.2) is 5.78 Å². The zero-order valence-corrected chi connectivity index (χ0v) is 9.69. The molecule has 1 aromatic rings. The van der Waals surface area contributed by atoms with Crippen LogP contribution in [0.15, 0.2) is 24.3 Å². The number of rotatable bonds is 3. The Hall–Kier alpha value is -1.19. The van der Waals surface area contributed by atoms with Crippen molar-refractivity contribution in [1.82, 2.24) is 5.32 Å². The first kappa shape index (κ1) is 11.3. The molecule has 86 valence electrons. The lowest BCUT2D eigenvalue weighted by Gasteiger charge is -2.11. The molecule has 0 aliphatic carbocycles. The predicted octanol–water partition coefficient (Wildman–Crippen LogP) is 1.55. The molecule has 1 N–H and O–H groups in total. The Morgan fingerprint density at radius 2 is 2.19 bits per heavy atom. The monoisotopic (exact) mass is 219 g/mol. The smallest absolute Gasteiger partial charge is 0.180 e. The third-order valence-corrected chi connectivity index (χ3v) is 3.15. The first-order valence-corrected chi connectivity index (χ1v) is 5.58. The number of Topliss-reactive ketones (excluding diaryl/α,β-unsaturated/α-hetero) is 1. The van der Waals surface area contributed by atoms with Gasteiger partial charge in [0.2, 0.25) is 0 Å². The molecule has 0 aromatic heterocycles. The highest BCUT2D eigenvalue weighted by atomic mass is 16.5. The molecule has 0 spiro atoms. The summed E-state index contributed by atoms with van der Waals surface area (Å²) < 4.78 is 5.24. The summed E-state index contributed by atoms with van der Waals surface area (Å²) in [5, 5.41) is 3.21. The number of benzene rings is 1. The zero-order valence-electron chi connectivity index (χ0n) is 9.69. The number of hydrogen-bond donors (Lipinski definition) is 1. The van der Waals surface area contributed by atoms with Gasteiger partial charge in [-0.25, -0.2) is 0 Å². The predicted molar refractivity (Wildman–Crippen MR) is 62.7 cm³/mol. The van der Waals surface area contributed by atoms with Crippen LogP contribution in [0.2, 0.25) is 0 Å². The Morgan fingerprint density at radius 3 is 2.81 bits per heavy atom. The molecule has 0 amide bonds. The number of carbonyl (C=O) groups excluding carboxylic acids is 1. The molecular formula is C13H17NO2. The van der Waals surface area contributed by atoms with Gasteiger partial charge < -0.3 is 10.1 Å². The minimum atomic E-state index is -0.0916. The van der Waals surface area contributed by atoms with E-state index in [1.54, 1.807) is 7.11 Å². The summed E-state index contributed by atoms with van der Waals surface area (Å²) in [6.07, 6.45) is 0.932. The molecule has 1 aromatic carbocycles. The van der Waals surface area contributed by atoms with Crippen LogP contribution in [-0.4, -0.2) is 31.6 Å². The summed E-state index contributed by atoms with van der Waals surface area (Å²) in [5.74, 6) is 0.178. The van der Waals surface area contributed by atoms with E-state index in [0.29, 0.717) is 0 Å². The molecule has 2 atom stereocenters. The highest BCUT2D eigenvalue weighted by molar-refractivity contribution is 6.01. The van der Waals surface area contributed by atoms with Gasteiger partial charge in [0, 0.05) is 19.2 Å². The van der Waals surface area contributed by atoms with Gasteiger partial charge in [0.1, 0.15) is 0 Å². The summed E-state index contributed by atoms with van der Waals surface area (Å²) >= 11 is 0. The maximum Gasteiger partial charge on any atom is 0.180 e. The van der Waals surface area contributed by atoms with Crippen molar-refractivity contribution in [2.45, 2.75) is 25.5 Å². The molecular weight excluding hydrogens is 202 g/mol. The third kappa shape index (κ3) is 2.15. The summed E-state index contributed by atoms with van der Waals surface area (Å²) in [4.78, 5) is 12.2. The molecule has 2 rings (SSSR count). The van der Waals surface area contributed by atoms with E-state index in [0.717, 1.165) is 24.1 Å². The topological polar surface area (TPSA) is 38.3 Å². The van der Waals surface area contributed by atoms with Crippen molar-refractivity contribution in [2.75, 3.05) is 13.7 Å². The Balaban J connectivity index is 2.12. The number of methoxy groups -OCH3 is 1. The second-order valence-electron chi connectivity index (χ2n) is 4.23. The molecule has 1 heterocycles. The van der Waals surface area contributed by atoms with Crippen LogP contribution < -0.4 is 5.32 Å². The number of ether oxygens (including phenoxy) is 1. The SMILES string of the molecule is COC1CNC(C(=O)c2ccccc2C)C1. The summed E-state index contributed by atoms with van der Waals surface area (Å²) in [6, 6.07) is 7.62. The van der Waals surface area contributed by atoms with Crippen molar-refractivity contribution >= 4 is 5.78 Å². The number of carbonyl (C=O) groups is 1. The molecule has 2 unspecified atom stereocenters.